The first-order valence-corrected chi connectivity index (χ1v) is 11.1. The van der Waals surface area contributed by atoms with Crippen LogP contribution in [0.5, 0.6) is 0 Å². The number of imidazole rings is 1. The molecule has 0 spiro atoms. The highest BCUT2D eigenvalue weighted by molar-refractivity contribution is 6.04. The first kappa shape index (κ1) is 20.8. The SMILES string of the molecule is CCOC(=O)C1(Cc2ccc3nc([C@@H](N)C4CCCCCC4)cn3n2)CCNC1=O. The lowest BCUT2D eigenvalue weighted by Crippen LogP contribution is -2.42. The van der Waals surface area contributed by atoms with Crippen LogP contribution in [0, 0.1) is 11.3 Å². The van der Waals surface area contributed by atoms with Crippen molar-refractivity contribution < 1.29 is 14.3 Å². The van der Waals surface area contributed by atoms with Gasteiger partial charge in [0, 0.05) is 13.0 Å². The molecule has 2 fully saturated rings. The second kappa shape index (κ2) is 8.71. The van der Waals surface area contributed by atoms with Gasteiger partial charge in [0.1, 0.15) is 0 Å². The summed E-state index contributed by atoms with van der Waals surface area (Å²) in [5, 5.41) is 7.40. The average molecular weight is 414 g/mol. The Kier molecular flexibility index (Phi) is 6.04. The van der Waals surface area contributed by atoms with Crippen LogP contribution in [-0.4, -0.2) is 39.6 Å². The number of ether oxygens (including phenoxy) is 1. The summed E-state index contributed by atoms with van der Waals surface area (Å²) in [7, 11) is 0. The number of carbonyl (C=O) groups is 2. The van der Waals surface area contributed by atoms with Crippen molar-refractivity contribution in [3.8, 4) is 0 Å². The molecule has 0 radical (unpaired) electrons. The van der Waals surface area contributed by atoms with Gasteiger partial charge < -0.3 is 15.8 Å². The zero-order valence-electron chi connectivity index (χ0n) is 17.6. The Labute approximate surface area is 176 Å². The molecule has 8 heteroatoms. The Morgan fingerprint density at radius 2 is 2.10 bits per heavy atom. The van der Waals surface area contributed by atoms with Gasteiger partial charge in [-0.05, 0) is 44.2 Å². The number of esters is 1. The summed E-state index contributed by atoms with van der Waals surface area (Å²) in [5.74, 6) is -0.320. The third-order valence-corrected chi connectivity index (χ3v) is 6.56. The molecule has 162 valence electrons. The molecule has 2 atom stereocenters. The summed E-state index contributed by atoms with van der Waals surface area (Å²) in [4.78, 5) is 29.8. The molecular formula is C22H31N5O3. The van der Waals surface area contributed by atoms with E-state index in [-0.39, 0.29) is 25.0 Å². The van der Waals surface area contributed by atoms with E-state index in [9.17, 15) is 9.59 Å². The Morgan fingerprint density at radius 1 is 1.33 bits per heavy atom. The molecule has 1 saturated carbocycles. The number of nitrogens with zero attached hydrogens (tertiary/aromatic N) is 3. The fraction of sp³-hybridized carbons (Fsp3) is 0.636. The van der Waals surface area contributed by atoms with E-state index in [2.05, 4.69) is 10.4 Å². The van der Waals surface area contributed by atoms with Gasteiger partial charge >= 0.3 is 5.97 Å². The van der Waals surface area contributed by atoms with Crippen LogP contribution in [0.4, 0.5) is 0 Å². The van der Waals surface area contributed by atoms with E-state index in [0.29, 0.717) is 24.6 Å². The quantitative estimate of drug-likeness (QED) is 0.427. The molecule has 0 bridgehead atoms. The van der Waals surface area contributed by atoms with Crippen molar-refractivity contribution in [1.82, 2.24) is 19.9 Å². The third-order valence-electron chi connectivity index (χ3n) is 6.56. The molecule has 0 aromatic carbocycles. The smallest absolute Gasteiger partial charge is 0.322 e. The van der Waals surface area contributed by atoms with Gasteiger partial charge in [0.15, 0.2) is 11.1 Å². The highest BCUT2D eigenvalue weighted by Gasteiger charge is 2.50. The second-order valence-electron chi connectivity index (χ2n) is 8.56. The topological polar surface area (TPSA) is 112 Å². The van der Waals surface area contributed by atoms with Gasteiger partial charge in [-0.25, -0.2) is 9.50 Å². The van der Waals surface area contributed by atoms with Gasteiger partial charge in [0.25, 0.3) is 0 Å². The van der Waals surface area contributed by atoms with Gasteiger partial charge in [0.05, 0.1) is 30.2 Å². The molecule has 2 aromatic rings. The first-order valence-electron chi connectivity index (χ1n) is 11.1. The summed E-state index contributed by atoms with van der Waals surface area (Å²) >= 11 is 0. The molecule has 3 N–H and O–H groups in total. The number of nitrogens with two attached hydrogens (primary N) is 1. The van der Waals surface area contributed by atoms with E-state index < -0.39 is 11.4 Å². The lowest BCUT2D eigenvalue weighted by atomic mass is 9.81. The lowest BCUT2D eigenvalue weighted by Gasteiger charge is -2.23. The number of rotatable bonds is 6. The van der Waals surface area contributed by atoms with Crippen LogP contribution in [0.3, 0.4) is 0 Å². The zero-order chi connectivity index (χ0) is 21.1. The third kappa shape index (κ3) is 3.93. The summed E-state index contributed by atoms with van der Waals surface area (Å²) in [6.45, 7) is 2.45. The van der Waals surface area contributed by atoms with Crippen LogP contribution in [-0.2, 0) is 20.7 Å². The van der Waals surface area contributed by atoms with E-state index in [1.807, 2.05) is 18.3 Å². The van der Waals surface area contributed by atoms with Crippen LogP contribution in [0.25, 0.3) is 5.65 Å². The minimum atomic E-state index is -1.21. The van der Waals surface area contributed by atoms with E-state index in [0.717, 1.165) is 24.2 Å². The van der Waals surface area contributed by atoms with Gasteiger partial charge in [0.2, 0.25) is 5.91 Å². The second-order valence-corrected chi connectivity index (χ2v) is 8.56. The molecule has 30 heavy (non-hydrogen) atoms. The molecule has 1 saturated heterocycles. The number of hydrogen-bond donors (Lipinski definition) is 2. The van der Waals surface area contributed by atoms with E-state index in [4.69, 9.17) is 15.5 Å². The number of carbonyl (C=O) groups excluding carboxylic acids is 2. The maximum atomic E-state index is 12.6. The molecule has 3 heterocycles. The lowest BCUT2D eigenvalue weighted by molar-refractivity contribution is -0.159. The van der Waals surface area contributed by atoms with E-state index in [1.54, 1.807) is 11.4 Å². The van der Waals surface area contributed by atoms with Crippen molar-refractivity contribution in [1.29, 1.82) is 0 Å². The van der Waals surface area contributed by atoms with E-state index >= 15 is 0 Å². The number of aromatic nitrogens is 3. The number of fused-ring (bicyclic) bond motifs is 1. The van der Waals surface area contributed by atoms with Crippen molar-refractivity contribution in [2.24, 2.45) is 17.1 Å². The number of amides is 1. The predicted molar refractivity (Wildman–Crippen MR) is 112 cm³/mol. The zero-order valence-corrected chi connectivity index (χ0v) is 17.6. The fourth-order valence-corrected chi connectivity index (χ4v) is 4.79. The van der Waals surface area contributed by atoms with Crippen molar-refractivity contribution in [3.63, 3.8) is 0 Å². The molecule has 1 unspecified atom stereocenters. The highest BCUT2D eigenvalue weighted by atomic mass is 16.5. The minimum Gasteiger partial charge on any atom is -0.465 e. The maximum Gasteiger partial charge on any atom is 0.322 e. The van der Waals surface area contributed by atoms with Gasteiger partial charge in [-0.15, -0.1) is 0 Å². The van der Waals surface area contributed by atoms with Crippen LogP contribution >= 0.6 is 0 Å². The van der Waals surface area contributed by atoms with Crippen LogP contribution < -0.4 is 11.1 Å². The number of nitrogens with one attached hydrogen (secondary N) is 1. The predicted octanol–water partition coefficient (Wildman–Crippen LogP) is 2.31. The summed E-state index contributed by atoms with van der Waals surface area (Å²) in [6, 6.07) is 3.60. The first-order chi connectivity index (χ1) is 14.5. The van der Waals surface area contributed by atoms with Crippen molar-refractivity contribution in [2.45, 2.75) is 64.3 Å². The molecule has 1 amide bonds. The Bertz CT molecular complexity index is 919. The molecule has 2 aromatic heterocycles. The average Bonchev–Trinajstić information content (AvgIpc) is 3.21. The largest absolute Gasteiger partial charge is 0.465 e. The molecule has 1 aliphatic heterocycles. The molecule has 4 rings (SSSR count). The van der Waals surface area contributed by atoms with Crippen LogP contribution in [0.15, 0.2) is 18.3 Å². The van der Waals surface area contributed by atoms with Crippen molar-refractivity contribution in [3.05, 3.63) is 29.7 Å². The van der Waals surface area contributed by atoms with Gasteiger partial charge in [-0.1, -0.05) is 25.7 Å². The summed E-state index contributed by atoms with van der Waals surface area (Å²) < 4.78 is 6.92. The monoisotopic (exact) mass is 413 g/mol. The Hall–Kier alpha value is -2.48. The van der Waals surface area contributed by atoms with Crippen molar-refractivity contribution in [2.75, 3.05) is 13.2 Å². The van der Waals surface area contributed by atoms with E-state index in [1.165, 1.54) is 25.7 Å². The maximum absolute atomic E-state index is 12.6. The van der Waals surface area contributed by atoms with Crippen molar-refractivity contribution >= 4 is 17.5 Å². The molecule has 1 aliphatic carbocycles. The summed E-state index contributed by atoms with van der Waals surface area (Å²) in [6.07, 6.45) is 9.82. The Balaban J connectivity index is 1.57. The fourth-order valence-electron chi connectivity index (χ4n) is 4.79. The number of hydrogen-bond acceptors (Lipinski definition) is 6. The standard InChI is InChI=1S/C22H31N5O3/c1-2-30-21(29)22(11-12-24-20(22)28)13-16-9-10-18-25-17(14-27(18)26-16)19(23)15-7-5-3-4-6-8-15/h9-10,14-15,19H,2-8,11-13,23H2,1H3,(H,24,28)/t19-,22?/m0/s1. The van der Waals surface area contributed by atoms with Crippen LogP contribution in [0.2, 0.25) is 0 Å². The molecule has 2 aliphatic rings. The normalized spacial score (nSPS) is 23.9. The Morgan fingerprint density at radius 3 is 2.77 bits per heavy atom. The minimum absolute atomic E-state index is 0.0975. The van der Waals surface area contributed by atoms with Gasteiger partial charge in [-0.3, -0.25) is 9.59 Å². The summed E-state index contributed by atoms with van der Waals surface area (Å²) in [5.41, 5.74) is 7.58. The molecular weight excluding hydrogens is 382 g/mol. The van der Waals surface area contributed by atoms with Gasteiger partial charge in [-0.2, -0.15) is 5.10 Å². The van der Waals surface area contributed by atoms with Crippen LogP contribution in [0.1, 0.15) is 69.3 Å². The highest BCUT2D eigenvalue weighted by Crippen LogP contribution is 2.34. The molecule has 8 nitrogen and oxygen atoms in total.